The summed E-state index contributed by atoms with van der Waals surface area (Å²) in [5, 5.41) is 3.24. The third-order valence-electron chi connectivity index (χ3n) is 3.44. The molecule has 0 aromatic carbocycles. The van der Waals surface area contributed by atoms with Gasteiger partial charge >= 0.3 is 0 Å². The minimum absolute atomic E-state index is 0.116. The molecular formula is C13H20N2O3. The summed E-state index contributed by atoms with van der Waals surface area (Å²) in [6.45, 7) is 2.50. The van der Waals surface area contributed by atoms with E-state index in [-0.39, 0.29) is 5.91 Å². The number of hydrogen-bond acceptors (Lipinski definition) is 4. The first kappa shape index (κ1) is 13.1. The number of carbonyl (C=O) groups is 1. The number of ether oxygens (including phenoxy) is 1. The van der Waals surface area contributed by atoms with Gasteiger partial charge in [-0.3, -0.25) is 4.79 Å². The summed E-state index contributed by atoms with van der Waals surface area (Å²) >= 11 is 0. The highest BCUT2D eigenvalue weighted by atomic mass is 16.5. The van der Waals surface area contributed by atoms with E-state index in [0.717, 1.165) is 18.7 Å². The Bertz CT molecular complexity index is 383. The molecule has 5 nitrogen and oxygen atoms in total. The molecule has 0 radical (unpaired) electrons. The molecule has 1 aliphatic heterocycles. The maximum Gasteiger partial charge on any atom is 0.232 e. The lowest BCUT2D eigenvalue weighted by Gasteiger charge is -2.30. The standard InChI is InChI=1S/C13H20N2O3/c1-15(8-11-4-3-7-18-11)12(16)13(10-17-2)5-6-14-9-13/h3-4,7,14H,5-6,8-10H2,1-2H3. The summed E-state index contributed by atoms with van der Waals surface area (Å²) in [6.07, 6.45) is 2.44. The Kier molecular flexibility index (Phi) is 4.04. The second-order valence-electron chi connectivity index (χ2n) is 4.88. The summed E-state index contributed by atoms with van der Waals surface area (Å²) in [6, 6.07) is 3.70. The van der Waals surface area contributed by atoms with Crippen LogP contribution in [0.2, 0.25) is 0 Å². The topological polar surface area (TPSA) is 54.7 Å². The fourth-order valence-corrected chi connectivity index (χ4v) is 2.50. The summed E-state index contributed by atoms with van der Waals surface area (Å²) in [5.41, 5.74) is -0.421. The largest absolute Gasteiger partial charge is 0.467 e. The van der Waals surface area contributed by atoms with Crippen LogP contribution in [0.3, 0.4) is 0 Å². The molecule has 2 heterocycles. The molecule has 0 aliphatic carbocycles. The van der Waals surface area contributed by atoms with Gasteiger partial charge in [0.05, 0.1) is 24.8 Å². The van der Waals surface area contributed by atoms with Crippen molar-refractivity contribution < 1.29 is 13.9 Å². The Morgan fingerprint density at radius 2 is 2.50 bits per heavy atom. The van der Waals surface area contributed by atoms with Crippen LogP contribution in [0.5, 0.6) is 0 Å². The number of nitrogens with one attached hydrogen (secondary N) is 1. The lowest BCUT2D eigenvalue weighted by Crippen LogP contribution is -2.46. The number of amides is 1. The smallest absolute Gasteiger partial charge is 0.232 e. The second kappa shape index (κ2) is 5.54. The average Bonchev–Trinajstić information content (AvgIpc) is 3.00. The van der Waals surface area contributed by atoms with Gasteiger partial charge in [0.2, 0.25) is 5.91 Å². The van der Waals surface area contributed by atoms with E-state index in [9.17, 15) is 4.79 Å². The number of nitrogens with zero attached hydrogens (tertiary/aromatic N) is 1. The Hall–Kier alpha value is -1.33. The molecule has 1 N–H and O–H groups in total. The zero-order valence-corrected chi connectivity index (χ0v) is 10.9. The van der Waals surface area contributed by atoms with Gasteiger partial charge in [0.25, 0.3) is 0 Å². The van der Waals surface area contributed by atoms with Crippen LogP contribution < -0.4 is 5.32 Å². The molecule has 1 aromatic heterocycles. The zero-order chi connectivity index (χ0) is 13.0. The highest BCUT2D eigenvalue weighted by molar-refractivity contribution is 5.83. The SMILES string of the molecule is COCC1(C(=O)N(C)Cc2ccco2)CCNC1. The van der Waals surface area contributed by atoms with Gasteiger partial charge in [-0.2, -0.15) is 0 Å². The number of hydrogen-bond donors (Lipinski definition) is 1. The van der Waals surface area contributed by atoms with E-state index >= 15 is 0 Å². The molecule has 1 amide bonds. The Morgan fingerprint density at radius 1 is 1.67 bits per heavy atom. The molecule has 18 heavy (non-hydrogen) atoms. The zero-order valence-electron chi connectivity index (χ0n) is 10.9. The number of furan rings is 1. The van der Waals surface area contributed by atoms with Crippen LogP contribution in [0.15, 0.2) is 22.8 Å². The van der Waals surface area contributed by atoms with E-state index in [0.29, 0.717) is 19.7 Å². The third-order valence-corrected chi connectivity index (χ3v) is 3.44. The van der Waals surface area contributed by atoms with Crippen LogP contribution in [0, 0.1) is 5.41 Å². The molecule has 5 heteroatoms. The van der Waals surface area contributed by atoms with Crippen molar-refractivity contribution in [3.63, 3.8) is 0 Å². The molecule has 1 fully saturated rings. The normalized spacial score (nSPS) is 23.2. The quantitative estimate of drug-likeness (QED) is 0.844. The first-order valence-corrected chi connectivity index (χ1v) is 6.15. The summed E-state index contributed by atoms with van der Waals surface area (Å²) in [4.78, 5) is 14.3. The maximum atomic E-state index is 12.5. The molecule has 1 atom stereocenters. The Labute approximate surface area is 107 Å². The maximum absolute atomic E-state index is 12.5. The minimum atomic E-state index is -0.421. The minimum Gasteiger partial charge on any atom is -0.467 e. The van der Waals surface area contributed by atoms with E-state index in [1.165, 1.54) is 0 Å². The molecule has 1 unspecified atom stereocenters. The van der Waals surface area contributed by atoms with Crippen molar-refractivity contribution >= 4 is 5.91 Å². The molecule has 2 rings (SSSR count). The van der Waals surface area contributed by atoms with Gasteiger partial charge in [0.1, 0.15) is 5.76 Å². The number of methoxy groups -OCH3 is 1. The van der Waals surface area contributed by atoms with E-state index in [1.54, 1.807) is 25.3 Å². The first-order valence-electron chi connectivity index (χ1n) is 6.15. The molecule has 1 aromatic rings. The summed E-state index contributed by atoms with van der Waals surface area (Å²) in [5.74, 6) is 0.912. The highest BCUT2D eigenvalue weighted by Gasteiger charge is 2.43. The van der Waals surface area contributed by atoms with Crippen molar-refractivity contribution in [2.45, 2.75) is 13.0 Å². The van der Waals surface area contributed by atoms with Gasteiger partial charge in [-0.25, -0.2) is 0 Å². The van der Waals surface area contributed by atoms with Crippen molar-refractivity contribution in [3.05, 3.63) is 24.2 Å². The van der Waals surface area contributed by atoms with Crippen molar-refractivity contribution in [2.75, 3.05) is 33.9 Å². The van der Waals surface area contributed by atoms with Crippen LogP contribution in [0.1, 0.15) is 12.2 Å². The number of rotatable bonds is 5. The average molecular weight is 252 g/mol. The van der Waals surface area contributed by atoms with Crippen LogP contribution in [0.25, 0.3) is 0 Å². The van der Waals surface area contributed by atoms with Crippen LogP contribution in [-0.2, 0) is 16.1 Å². The van der Waals surface area contributed by atoms with Crippen LogP contribution >= 0.6 is 0 Å². The van der Waals surface area contributed by atoms with Gasteiger partial charge < -0.3 is 19.4 Å². The van der Waals surface area contributed by atoms with Gasteiger partial charge in [0, 0.05) is 20.7 Å². The molecule has 1 saturated heterocycles. The van der Waals surface area contributed by atoms with Gasteiger partial charge in [-0.05, 0) is 25.1 Å². The third kappa shape index (κ3) is 2.57. The van der Waals surface area contributed by atoms with E-state index in [1.807, 2.05) is 12.1 Å². The predicted octanol–water partition coefficient (Wildman–Crippen LogP) is 0.864. The highest BCUT2D eigenvalue weighted by Crippen LogP contribution is 2.28. The van der Waals surface area contributed by atoms with Crippen LogP contribution in [0.4, 0.5) is 0 Å². The molecule has 0 bridgehead atoms. The molecule has 100 valence electrons. The lowest BCUT2D eigenvalue weighted by molar-refractivity contribution is -0.143. The van der Waals surface area contributed by atoms with E-state index in [2.05, 4.69) is 5.32 Å². The van der Waals surface area contributed by atoms with Gasteiger partial charge in [-0.15, -0.1) is 0 Å². The van der Waals surface area contributed by atoms with Crippen LogP contribution in [-0.4, -0.2) is 44.7 Å². The Balaban J connectivity index is 2.04. The van der Waals surface area contributed by atoms with Gasteiger partial charge in [0.15, 0.2) is 0 Å². The van der Waals surface area contributed by atoms with Crippen molar-refractivity contribution in [2.24, 2.45) is 5.41 Å². The van der Waals surface area contributed by atoms with Crippen molar-refractivity contribution in [3.8, 4) is 0 Å². The Morgan fingerprint density at radius 3 is 3.06 bits per heavy atom. The second-order valence-corrected chi connectivity index (χ2v) is 4.88. The van der Waals surface area contributed by atoms with Gasteiger partial charge in [-0.1, -0.05) is 0 Å². The number of carbonyl (C=O) groups excluding carboxylic acids is 1. The van der Waals surface area contributed by atoms with E-state index in [4.69, 9.17) is 9.15 Å². The molecule has 0 saturated carbocycles. The lowest BCUT2D eigenvalue weighted by atomic mass is 9.86. The fourth-order valence-electron chi connectivity index (χ4n) is 2.50. The summed E-state index contributed by atoms with van der Waals surface area (Å²) in [7, 11) is 3.44. The fraction of sp³-hybridized carbons (Fsp3) is 0.615. The van der Waals surface area contributed by atoms with Crippen molar-refractivity contribution in [1.82, 2.24) is 10.2 Å². The van der Waals surface area contributed by atoms with E-state index < -0.39 is 5.41 Å². The molecule has 0 spiro atoms. The predicted molar refractivity (Wildman–Crippen MR) is 67.0 cm³/mol. The van der Waals surface area contributed by atoms with Crippen molar-refractivity contribution in [1.29, 1.82) is 0 Å². The molecular weight excluding hydrogens is 232 g/mol. The first-order chi connectivity index (χ1) is 8.68. The molecule has 1 aliphatic rings. The summed E-state index contributed by atoms with van der Waals surface area (Å²) < 4.78 is 10.5. The monoisotopic (exact) mass is 252 g/mol.